The third kappa shape index (κ3) is 8.87. The fourth-order valence-corrected chi connectivity index (χ4v) is 1.48. The van der Waals surface area contributed by atoms with Gasteiger partial charge in [0, 0.05) is 13.1 Å². The Morgan fingerprint density at radius 1 is 1.27 bits per heavy atom. The van der Waals surface area contributed by atoms with Gasteiger partial charge in [-0.25, -0.2) is 14.2 Å². The average Bonchev–Trinajstić information content (AvgIpc) is 2.42. The molecule has 0 heterocycles. The number of carbonyl (C=O) groups excluding carboxylic acids is 1. The summed E-state index contributed by atoms with van der Waals surface area (Å²) in [7, 11) is 0. The molecule has 0 aliphatic rings. The smallest absolute Gasteiger partial charge is 0.407 e. The molecule has 0 spiro atoms. The van der Waals surface area contributed by atoms with Gasteiger partial charge in [-0.1, -0.05) is 0 Å². The summed E-state index contributed by atoms with van der Waals surface area (Å²) >= 11 is 0. The molecule has 6 heteroatoms. The molecule has 0 bridgehead atoms. The van der Waals surface area contributed by atoms with Gasteiger partial charge >= 0.3 is 6.09 Å². The van der Waals surface area contributed by atoms with Crippen LogP contribution in [-0.4, -0.2) is 30.8 Å². The zero-order chi connectivity index (χ0) is 16.4. The average molecular weight is 307 g/mol. The fourth-order valence-electron chi connectivity index (χ4n) is 1.48. The monoisotopic (exact) mass is 307 g/mol. The number of carbonyl (C=O) groups is 1. The van der Waals surface area contributed by atoms with Crippen LogP contribution in [0.2, 0.25) is 0 Å². The van der Waals surface area contributed by atoms with E-state index in [1.807, 2.05) is 20.8 Å². The van der Waals surface area contributed by atoms with E-state index in [1.54, 1.807) is 12.1 Å². The van der Waals surface area contributed by atoms with E-state index in [-0.39, 0.29) is 5.82 Å². The molecule has 1 aromatic carbocycles. The first-order chi connectivity index (χ1) is 10.4. The Balaban J connectivity index is 2.14. The van der Waals surface area contributed by atoms with Crippen LogP contribution >= 0.6 is 0 Å². The van der Waals surface area contributed by atoms with Crippen LogP contribution in [0.4, 0.5) is 14.9 Å². The van der Waals surface area contributed by atoms with Gasteiger partial charge in [0.2, 0.25) is 0 Å². The largest absolute Gasteiger partial charge is 0.444 e. The number of nitrogens with zero attached hydrogens (tertiary/aromatic N) is 2. The first-order valence-electron chi connectivity index (χ1n) is 7.21. The van der Waals surface area contributed by atoms with E-state index in [9.17, 15) is 9.18 Å². The van der Waals surface area contributed by atoms with Gasteiger partial charge in [-0.3, -0.25) is 0 Å². The van der Waals surface area contributed by atoms with Crippen molar-refractivity contribution in [1.29, 1.82) is 0 Å². The lowest BCUT2D eigenvalue weighted by Crippen LogP contribution is -2.33. The second-order valence-corrected chi connectivity index (χ2v) is 5.71. The van der Waals surface area contributed by atoms with Crippen LogP contribution in [0, 0.1) is 5.82 Å². The number of hydrogen-bond acceptors (Lipinski definition) is 4. The summed E-state index contributed by atoms with van der Waals surface area (Å²) in [6.45, 7) is 6.57. The van der Waals surface area contributed by atoms with Crippen molar-refractivity contribution in [3.63, 3.8) is 0 Å². The van der Waals surface area contributed by atoms with Gasteiger partial charge in [-0.05, 0) is 57.9 Å². The molecule has 120 valence electrons. The molecule has 0 atom stereocenters. The Morgan fingerprint density at radius 3 is 2.59 bits per heavy atom. The van der Waals surface area contributed by atoms with Gasteiger partial charge in [0.25, 0.3) is 0 Å². The molecule has 0 saturated carbocycles. The molecular weight excluding hydrogens is 285 g/mol. The second-order valence-electron chi connectivity index (χ2n) is 5.71. The van der Waals surface area contributed by atoms with Gasteiger partial charge < -0.3 is 10.1 Å². The summed E-state index contributed by atoms with van der Waals surface area (Å²) < 4.78 is 17.8. The summed E-state index contributed by atoms with van der Waals surface area (Å²) in [5, 5.41) is 2.68. The second kappa shape index (κ2) is 8.95. The molecule has 0 saturated heterocycles. The van der Waals surface area contributed by atoms with Crippen LogP contribution < -0.4 is 5.32 Å². The number of ether oxygens (including phenoxy) is 1. The molecule has 0 radical (unpaired) electrons. The predicted octanol–water partition coefficient (Wildman–Crippen LogP) is 3.94. The van der Waals surface area contributed by atoms with E-state index in [0.717, 1.165) is 12.8 Å². The lowest BCUT2D eigenvalue weighted by Gasteiger charge is -2.19. The zero-order valence-corrected chi connectivity index (χ0v) is 13.2. The highest BCUT2D eigenvalue weighted by molar-refractivity contribution is 5.67. The van der Waals surface area contributed by atoms with E-state index < -0.39 is 11.7 Å². The van der Waals surface area contributed by atoms with Crippen LogP contribution in [0.3, 0.4) is 0 Å². The predicted molar refractivity (Wildman–Crippen MR) is 84.3 cm³/mol. The molecule has 1 rings (SSSR count). The first-order valence-corrected chi connectivity index (χ1v) is 7.21. The SMILES string of the molecule is CC(C)(C)OC(=O)NCCCCN=C=Nc1ccc(F)cc1. The third-order valence-electron chi connectivity index (χ3n) is 2.44. The van der Waals surface area contributed by atoms with Gasteiger partial charge in [0.1, 0.15) is 11.4 Å². The van der Waals surface area contributed by atoms with Crippen LogP contribution in [0.25, 0.3) is 0 Å². The van der Waals surface area contributed by atoms with Gasteiger partial charge in [0.05, 0.1) is 11.7 Å². The lowest BCUT2D eigenvalue weighted by atomic mass is 10.2. The molecule has 0 fully saturated rings. The van der Waals surface area contributed by atoms with Crippen LogP contribution in [0.1, 0.15) is 33.6 Å². The topological polar surface area (TPSA) is 63.0 Å². The number of nitrogens with one attached hydrogen (secondary N) is 1. The Bertz CT molecular complexity index is 529. The van der Waals surface area contributed by atoms with Crippen molar-refractivity contribution < 1.29 is 13.9 Å². The van der Waals surface area contributed by atoms with Crippen molar-refractivity contribution in [1.82, 2.24) is 5.32 Å². The molecule has 5 nitrogen and oxygen atoms in total. The number of benzene rings is 1. The summed E-state index contributed by atoms with van der Waals surface area (Å²) in [5.74, 6) is -0.298. The molecule has 0 aromatic heterocycles. The molecule has 1 aromatic rings. The number of aliphatic imine (C=N–C) groups is 2. The van der Waals surface area contributed by atoms with Crippen molar-refractivity contribution in [2.75, 3.05) is 13.1 Å². The van der Waals surface area contributed by atoms with Crippen molar-refractivity contribution in [2.24, 2.45) is 9.98 Å². The van der Waals surface area contributed by atoms with Crippen molar-refractivity contribution in [2.45, 2.75) is 39.2 Å². The highest BCUT2D eigenvalue weighted by atomic mass is 19.1. The van der Waals surface area contributed by atoms with Crippen molar-refractivity contribution in [3.8, 4) is 0 Å². The maximum atomic E-state index is 12.7. The molecule has 0 unspecified atom stereocenters. The summed E-state index contributed by atoms with van der Waals surface area (Å²) in [6.07, 6.45) is 1.19. The number of amides is 1. The molecule has 22 heavy (non-hydrogen) atoms. The summed E-state index contributed by atoms with van der Waals surface area (Å²) in [4.78, 5) is 19.3. The van der Waals surface area contributed by atoms with Gasteiger partial charge in [-0.15, -0.1) is 0 Å². The molecule has 1 amide bonds. The van der Waals surface area contributed by atoms with E-state index in [2.05, 4.69) is 21.3 Å². The van der Waals surface area contributed by atoms with E-state index >= 15 is 0 Å². The number of halogens is 1. The number of hydrogen-bond donors (Lipinski definition) is 1. The molecule has 1 N–H and O–H groups in total. The Morgan fingerprint density at radius 2 is 1.95 bits per heavy atom. The number of unbranched alkanes of at least 4 members (excludes halogenated alkanes) is 1. The van der Waals surface area contributed by atoms with Crippen LogP contribution in [0.5, 0.6) is 0 Å². The Kier molecular flexibility index (Phi) is 7.26. The zero-order valence-electron chi connectivity index (χ0n) is 13.2. The maximum absolute atomic E-state index is 12.7. The summed E-state index contributed by atoms with van der Waals surface area (Å²) in [5.41, 5.74) is 0.127. The quantitative estimate of drug-likeness (QED) is 0.639. The molecule has 0 aliphatic carbocycles. The minimum absolute atomic E-state index is 0.298. The van der Waals surface area contributed by atoms with E-state index in [4.69, 9.17) is 4.74 Å². The maximum Gasteiger partial charge on any atom is 0.407 e. The minimum Gasteiger partial charge on any atom is -0.444 e. The minimum atomic E-state index is -0.481. The standard InChI is InChI=1S/C16H22FN3O2/c1-16(2,3)22-15(21)19-11-5-4-10-18-12-20-14-8-6-13(17)7-9-14/h6-9H,4-5,10-11H2,1-3H3,(H,19,21). The van der Waals surface area contributed by atoms with Crippen LogP contribution in [-0.2, 0) is 4.74 Å². The first kappa shape index (κ1) is 17.9. The van der Waals surface area contributed by atoms with Crippen molar-refractivity contribution >= 4 is 17.8 Å². The Hall–Kier alpha value is -2.20. The highest BCUT2D eigenvalue weighted by Crippen LogP contribution is 2.10. The normalized spacial score (nSPS) is 10.5. The van der Waals surface area contributed by atoms with Crippen LogP contribution in [0.15, 0.2) is 34.3 Å². The van der Waals surface area contributed by atoms with Crippen molar-refractivity contribution in [3.05, 3.63) is 30.1 Å². The molecule has 0 aliphatic heterocycles. The van der Waals surface area contributed by atoms with E-state index in [1.165, 1.54) is 12.1 Å². The van der Waals surface area contributed by atoms with Gasteiger partial charge in [-0.2, -0.15) is 4.99 Å². The van der Waals surface area contributed by atoms with Gasteiger partial charge in [0.15, 0.2) is 0 Å². The van der Waals surface area contributed by atoms with E-state index in [0.29, 0.717) is 18.8 Å². The summed E-state index contributed by atoms with van der Waals surface area (Å²) in [6, 6.07) is 8.36. The highest BCUT2D eigenvalue weighted by Gasteiger charge is 2.15. The third-order valence-corrected chi connectivity index (χ3v) is 2.44. The Labute approximate surface area is 130 Å². The fraction of sp³-hybridized carbons (Fsp3) is 0.500. The number of alkyl carbamates (subject to hydrolysis) is 1. The lowest BCUT2D eigenvalue weighted by molar-refractivity contribution is 0.0527. The number of rotatable bonds is 6. The molecular formula is C16H22FN3O2.